The molecule has 0 bridgehead atoms. The lowest BCUT2D eigenvalue weighted by Crippen LogP contribution is -2.38. The summed E-state index contributed by atoms with van der Waals surface area (Å²) in [4.78, 5) is 29.1. The number of rotatable bonds is 6. The lowest BCUT2D eigenvalue weighted by atomic mass is 10.1. The maximum atomic E-state index is 12.9. The van der Waals surface area contributed by atoms with Crippen LogP contribution >= 0.6 is 0 Å². The van der Waals surface area contributed by atoms with Crippen LogP contribution in [0.15, 0.2) is 84.9 Å². The Labute approximate surface area is 171 Å². The summed E-state index contributed by atoms with van der Waals surface area (Å²) in [6.07, 6.45) is 0. The molecule has 0 radical (unpaired) electrons. The number of carbonyl (C=O) groups excluding carboxylic acids is 2. The van der Waals surface area contributed by atoms with E-state index >= 15 is 0 Å². The van der Waals surface area contributed by atoms with E-state index in [4.69, 9.17) is 0 Å². The molecule has 29 heavy (non-hydrogen) atoms. The molecule has 3 aromatic carbocycles. The molecular formula is C24H25N3O2. The molecule has 0 aliphatic heterocycles. The van der Waals surface area contributed by atoms with Gasteiger partial charge in [0.15, 0.2) is 0 Å². The fraction of sp³-hybridized carbons (Fsp3) is 0.167. The van der Waals surface area contributed by atoms with E-state index in [1.165, 1.54) is 0 Å². The van der Waals surface area contributed by atoms with Gasteiger partial charge in [-0.05, 0) is 35.4 Å². The van der Waals surface area contributed by atoms with Gasteiger partial charge in [0.1, 0.15) is 0 Å². The van der Waals surface area contributed by atoms with Gasteiger partial charge in [-0.25, -0.2) is 0 Å². The molecule has 0 spiro atoms. The Morgan fingerprint density at radius 1 is 0.724 bits per heavy atom. The van der Waals surface area contributed by atoms with E-state index in [0.717, 1.165) is 16.8 Å². The van der Waals surface area contributed by atoms with E-state index in [2.05, 4.69) is 5.32 Å². The smallest absolute Gasteiger partial charge is 0.313 e. The minimum atomic E-state index is -0.644. The van der Waals surface area contributed by atoms with Crippen molar-refractivity contribution in [3.63, 3.8) is 0 Å². The van der Waals surface area contributed by atoms with E-state index < -0.39 is 11.8 Å². The summed E-state index contributed by atoms with van der Waals surface area (Å²) in [5.41, 5.74) is 3.55. The first-order valence-corrected chi connectivity index (χ1v) is 9.48. The highest BCUT2D eigenvalue weighted by atomic mass is 16.2. The standard InChI is InChI=1S/C24H25N3O2/c1-26(2)22-15-13-21(14-16-22)25-23(28)24(29)27(17-19-9-5-3-6-10-19)18-20-11-7-4-8-12-20/h3-16H,17-18H2,1-2H3,(H,25,28). The number of nitrogens with zero attached hydrogens (tertiary/aromatic N) is 2. The van der Waals surface area contributed by atoms with Gasteiger partial charge in [0.2, 0.25) is 0 Å². The molecule has 0 aliphatic rings. The first kappa shape index (κ1) is 20.1. The van der Waals surface area contributed by atoms with Gasteiger partial charge in [-0.1, -0.05) is 60.7 Å². The Morgan fingerprint density at radius 3 is 1.66 bits per heavy atom. The summed E-state index contributed by atoms with van der Waals surface area (Å²) in [5, 5.41) is 2.71. The van der Waals surface area contributed by atoms with Gasteiger partial charge in [0.05, 0.1) is 0 Å². The Morgan fingerprint density at radius 2 is 1.21 bits per heavy atom. The van der Waals surface area contributed by atoms with E-state index in [-0.39, 0.29) is 0 Å². The zero-order valence-corrected chi connectivity index (χ0v) is 16.7. The van der Waals surface area contributed by atoms with Crippen molar-refractivity contribution in [2.24, 2.45) is 0 Å². The quantitative estimate of drug-likeness (QED) is 0.652. The van der Waals surface area contributed by atoms with Crippen molar-refractivity contribution in [1.29, 1.82) is 0 Å². The molecule has 3 rings (SSSR count). The van der Waals surface area contributed by atoms with E-state index in [1.807, 2.05) is 91.8 Å². The molecule has 5 nitrogen and oxygen atoms in total. The van der Waals surface area contributed by atoms with E-state index in [1.54, 1.807) is 17.0 Å². The van der Waals surface area contributed by atoms with Crippen molar-refractivity contribution in [3.8, 4) is 0 Å². The van der Waals surface area contributed by atoms with Crippen molar-refractivity contribution in [2.75, 3.05) is 24.3 Å². The molecule has 3 aromatic rings. The second-order valence-electron chi connectivity index (χ2n) is 7.03. The summed E-state index contributed by atoms with van der Waals surface area (Å²) in [6, 6.07) is 26.7. The third-order valence-electron chi connectivity index (χ3n) is 4.56. The summed E-state index contributed by atoms with van der Waals surface area (Å²) >= 11 is 0. The number of hydrogen-bond donors (Lipinski definition) is 1. The SMILES string of the molecule is CN(C)c1ccc(NC(=O)C(=O)N(Cc2ccccc2)Cc2ccccc2)cc1. The first-order valence-electron chi connectivity index (χ1n) is 9.48. The summed E-state index contributed by atoms with van der Waals surface area (Å²) in [5.74, 6) is -1.20. The largest absolute Gasteiger partial charge is 0.378 e. The van der Waals surface area contributed by atoms with Crippen LogP contribution in [0.1, 0.15) is 11.1 Å². The Balaban J connectivity index is 1.74. The molecule has 2 amide bonds. The van der Waals surface area contributed by atoms with Gasteiger partial charge in [0, 0.05) is 38.6 Å². The Hall–Kier alpha value is -3.60. The van der Waals surface area contributed by atoms with Gasteiger partial charge in [-0.15, -0.1) is 0 Å². The van der Waals surface area contributed by atoms with Crippen LogP contribution in [0.2, 0.25) is 0 Å². The average Bonchev–Trinajstić information content (AvgIpc) is 2.74. The number of anilines is 2. The molecule has 0 heterocycles. The van der Waals surface area contributed by atoms with Crippen LogP contribution in [0.25, 0.3) is 0 Å². The summed E-state index contributed by atoms with van der Waals surface area (Å²) in [6.45, 7) is 0.725. The molecule has 148 valence electrons. The molecule has 1 N–H and O–H groups in total. The van der Waals surface area contributed by atoms with Gasteiger partial charge >= 0.3 is 11.8 Å². The highest BCUT2D eigenvalue weighted by Crippen LogP contribution is 2.16. The van der Waals surface area contributed by atoms with Crippen LogP contribution in [-0.2, 0) is 22.7 Å². The van der Waals surface area contributed by atoms with Crippen LogP contribution < -0.4 is 10.2 Å². The molecule has 5 heteroatoms. The van der Waals surface area contributed by atoms with Crippen molar-refractivity contribution in [2.45, 2.75) is 13.1 Å². The fourth-order valence-corrected chi connectivity index (χ4v) is 2.98. The van der Waals surface area contributed by atoms with Gasteiger partial charge in [-0.3, -0.25) is 9.59 Å². The van der Waals surface area contributed by atoms with Crippen LogP contribution in [0.3, 0.4) is 0 Å². The fourth-order valence-electron chi connectivity index (χ4n) is 2.98. The topological polar surface area (TPSA) is 52.7 Å². The molecular weight excluding hydrogens is 362 g/mol. The zero-order valence-electron chi connectivity index (χ0n) is 16.7. The molecule has 0 fully saturated rings. The highest BCUT2D eigenvalue weighted by Gasteiger charge is 2.22. The lowest BCUT2D eigenvalue weighted by Gasteiger charge is -2.22. The molecule has 0 aliphatic carbocycles. The minimum Gasteiger partial charge on any atom is -0.378 e. The number of amides is 2. The minimum absolute atomic E-state index is 0.363. The molecule has 0 saturated carbocycles. The maximum Gasteiger partial charge on any atom is 0.313 e. The van der Waals surface area contributed by atoms with Crippen molar-refractivity contribution < 1.29 is 9.59 Å². The van der Waals surface area contributed by atoms with Crippen LogP contribution in [0.4, 0.5) is 11.4 Å². The molecule has 0 saturated heterocycles. The number of nitrogens with one attached hydrogen (secondary N) is 1. The summed E-state index contributed by atoms with van der Waals surface area (Å²) < 4.78 is 0. The number of hydrogen-bond acceptors (Lipinski definition) is 3. The van der Waals surface area contributed by atoms with E-state index in [9.17, 15) is 9.59 Å². The monoisotopic (exact) mass is 387 g/mol. The Bertz CT molecular complexity index is 897. The average molecular weight is 387 g/mol. The van der Waals surface area contributed by atoms with Crippen molar-refractivity contribution in [3.05, 3.63) is 96.1 Å². The van der Waals surface area contributed by atoms with Gasteiger partial charge in [-0.2, -0.15) is 0 Å². The molecule has 0 unspecified atom stereocenters. The van der Waals surface area contributed by atoms with Gasteiger partial charge < -0.3 is 15.1 Å². The number of carbonyl (C=O) groups is 2. The van der Waals surface area contributed by atoms with Crippen molar-refractivity contribution >= 4 is 23.2 Å². The third kappa shape index (κ3) is 5.69. The maximum absolute atomic E-state index is 12.9. The molecule has 0 aromatic heterocycles. The second kappa shape index (κ2) is 9.55. The lowest BCUT2D eigenvalue weighted by molar-refractivity contribution is -0.144. The highest BCUT2D eigenvalue weighted by molar-refractivity contribution is 6.39. The predicted molar refractivity (Wildman–Crippen MR) is 117 cm³/mol. The van der Waals surface area contributed by atoms with E-state index in [0.29, 0.717) is 18.8 Å². The van der Waals surface area contributed by atoms with Crippen molar-refractivity contribution in [1.82, 2.24) is 4.90 Å². The van der Waals surface area contributed by atoms with Gasteiger partial charge in [0.25, 0.3) is 0 Å². The van der Waals surface area contributed by atoms with Crippen LogP contribution in [0.5, 0.6) is 0 Å². The predicted octanol–water partition coefficient (Wildman–Crippen LogP) is 3.92. The Kier molecular flexibility index (Phi) is 6.63. The molecule has 0 atom stereocenters. The number of benzene rings is 3. The second-order valence-corrected chi connectivity index (χ2v) is 7.03. The van der Waals surface area contributed by atoms with Crippen LogP contribution in [0, 0.1) is 0 Å². The van der Waals surface area contributed by atoms with Crippen LogP contribution in [-0.4, -0.2) is 30.8 Å². The first-order chi connectivity index (χ1) is 14.0. The summed E-state index contributed by atoms with van der Waals surface area (Å²) in [7, 11) is 3.89. The normalized spacial score (nSPS) is 10.3. The zero-order chi connectivity index (χ0) is 20.6. The third-order valence-corrected chi connectivity index (χ3v) is 4.56.